The maximum absolute atomic E-state index is 13.5. The van der Waals surface area contributed by atoms with E-state index in [1.54, 1.807) is 4.90 Å². The molecule has 7 nitrogen and oxygen atoms in total. The van der Waals surface area contributed by atoms with Gasteiger partial charge in [-0.15, -0.1) is 0 Å². The van der Waals surface area contributed by atoms with Crippen molar-refractivity contribution in [2.24, 2.45) is 11.8 Å². The highest BCUT2D eigenvalue weighted by atomic mass is 16.4. The van der Waals surface area contributed by atoms with Crippen molar-refractivity contribution in [2.75, 3.05) is 20.1 Å². The molecule has 212 valence electrons. The fourth-order valence-corrected chi connectivity index (χ4v) is 6.50. The summed E-state index contributed by atoms with van der Waals surface area (Å²) >= 11 is 0. The Morgan fingerprint density at radius 2 is 1.80 bits per heavy atom. The third kappa shape index (κ3) is 6.30. The molecule has 3 aliphatic rings. The molecule has 1 aliphatic carbocycles. The lowest BCUT2D eigenvalue weighted by molar-refractivity contribution is -0.145. The molecule has 2 aromatic rings. The van der Waals surface area contributed by atoms with Gasteiger partial charge in [-0.3, -0.25) is 9.59 Å². The van der Waals surface area contributed by atoms with Gasteiger partial charge >= 0.3 is 5.97 Å². The van der Waals surface area contributed by atoms with E-state index in [1.807, 2.05) is 24.3 Å². The van der Waals surface area contributed by atoms with Gasteiger partial charge in [0.05, 0.1) is 0 Å². The molecule has 0 unspecified atom stereocenters. The van der Waals surface area contributed by atoms with Crippen LogP contribution in [0.4, 0.5) is 0 Å². The fraction of sp³-hybridized carbons (Fsp3) is 0.485. The largest absolute Gasteiger partial charge is 0.479 e. The van der Waals surface area contributed by atoms with Crippen LogP contribution in [0.5, 0.6) is 0 Å². The summed E-state index contributed by atoms with van der Waals surface area (Å²) < 4.78 is 0. The van der Waals surface area contributed by atoms with Gasteiger partial charge in [-0.2, -0.15) is 0 Å². The predicted octanol–water partition coefficient (Wildman–Crippen LogP) is 4.87. The maximum Gasteiger partial charge on any atom is 0.330 e. The zero-order valence-electron chi connectivity index (χ0n) is 23.4. The number of amides is 2. The Labute approximate surface area is 237 Å². The van der Waals surface area contributed by atoms with Crippen molar-refractivity contribution in [3.05, 3.63) is 72.3 Å². The van der Waals surface area contributed by atoms with Crippen LogP contribution in [0.15, 0.2) is 66.7 Å². The Hall–Kier alpha value is -3.45. The number of carboxylic acid groups (broad SMARTS) is 1. The minimum absolute atomic E-state index is 0.00412. The van der Waals surface area contributed by atoms with Crippen molar-refractivity contribution in [3.8, 4) is 11.1 Å². The molecule has 2 aromatic carbocycles. The molecule has 0 radical (unpaired) electrons. The number of benzene rings is 2. The van der Waals surface area contributed by atoms with Crippen LogP contribution in [0.1, 0.15) is 56.9 Å². The summed E-state index contributed by atoms with van der Waals surface area (Å²) in [7, 11) is 2.08. The van der Waals surface area contributed by atoms with Crippen molar-refractivity contribution in [1.29, 1.82) is 0 Å². The molecule has 4 atom stereocenters. The third-order valence-corrected chi connectivity index (χ3v) is 8.75. The number of allylic oxidation sites excluding steroid dienone is 1. The van der Waals surface area contributed by atoms with E-state index in [4.69, 9.17) is 0 Å². The van der Waals surface area contributed by atoms with E-state index in [0.717, 1.165) is 45.2 Å². The lowest BCUT2D eigenvalue weighted by Gasteiger charge is -2.26. The van der Waals surface area contributed by atoms with Gasteiger partial charge in [0.15, 0.2) is 0 Å². The maximum atomic E-state index is 13.5. The van der Waals surface area contributed by atoms with E-state index < -0.39 is 17.6 Å². The second-order valence-electron chi connectivity index (χ2n) is 11.8. The number of nitrogens with one attached hydrogen (secondary N) is 1. The lowest BCUT2D eigenvalue weighted by atomic mass is 9.99. The Balaban J connectivity index is 1.29. The van der Waals surface area contributed by atoms with Gasteiger partial charge < -0.3 is 20.2 Å². The van der Waals surface area contributed by atoms with Gasteiger partial charge in [0.25, 0.3) is 0 Å². The first-order chi connectivity index (χ1) is 19.4. The standard InChI is InChI=1S/C33H41N3O4/c1-35(23-26-15-11-12-17-28(26)25-13-7-6-8-14-25)21-24-19-29-31(38)34-33(32(39)40)20-27(33)16-9-4-2-3-5-10-18-30(37)36(29)22-24/h6-9,11-17,24,27,29H,2-5,10,18-23H2,1H3,(H,34,38)(H,39,40)/b16-9-/t24-,27+,29-,33+/m0/s1. The topological polar surface area (TPSA) is 90.0 Å². The first-order valence-corrected chi connectivity index (χ1v) is 14.7. The minimum atomic E-state index is -1.25. The van der Waals surface area contributed by atoms with Gasteiger partial charge in [0.2, 0.25) is 11.8 Å². The Bertz CT molecular complexity index is 1250. The average molecular weight is 544 g/mol. The smallest absolute Gasteiger partial charge is 0.330 e. The number of rotatable bonds is 6. The Morgan fingerprint density at radius 1 is 1.05 bits per heavy atom. The highest BCUT2D eigenvalue weighted by Gasteiger charge is 2.61. The molecule has 0 aromatic heterocycles. The molecule has 7 heteroatoms. The van der Waals surface area contributed by atoms with Crippen LogP contribution in [-0.2, 0) is 20.9 Å². The summed E-state index contributed by atoms with van der Waals surface area (Å²) in [5.74, 6) is -1.39. The van der Waals surface area contributed by atoms with Gasteiger partial charge in [0.1, 0.15) is 11.6 Å². The average Bonchev–Trinajstić information content (AvgIpc) is 3.48. The van der Waals surface area contributed by atoms with Crippen LogP contribution in [-0.4, -0.2) is 64.4 Å². The number of fused-ring (bicyclic) bond motifs is 2. The molecule has 2 fully saturated rings. The number of carbonyl (C=O) groups excluding carboxylic acids is 2. The van der Waals surface area contributed by atoms with Crippen molar-refractivity contribution in [1.82, 2.24) is 15.1 Å². The van der Waals surface area contributed by atoms with Crippen LogP contribution in [0.25, 0.3) is 11.1 Å². The van der Waals surface area contributed by atoms with Crippen molar-refractivity contribution >= 4 is 17.8 Å². The molecule has 0 spiro atoms. The SMILES string of the molecule is CN(Cc1ccccc1-c1ccccc1)C[C@@H]1C[C@H]2C(=O)N[C@]3(C(=O)O)C[C@H]3/C=C\CCCCCCC(=O)N2C1. The number of hydrogen-bond acceptors (Lipinski definition) is 4. The minimum Gasteiger partial charge on any atom is -0.479 e. The van der Waals surface area contributed by atoms with Gasteiger partial charge in [-0.05, 0) is 61.8 Å². The first-order valence-electron chi connectivity index (χ1n) is 14.7. The van der Waals surface area contributed by atoms with E-state index in [0.29, 0.717) is 25.8 Å². The molecule has 1 saturated heterocycles. The van der Waals surface area contributed by atoms with Crippen molar-refractivity contribution in [2.45, 2.75) is 69.5 Å². The van der Waals surface area contributed by atoms with Gasteiger partial charge in [0, 0.05) is 32.0 Å². The quantitative estimate of drug-likeness (QED) is 0.508. The van der Waals surface area contributed by atoms with Crippen LogP contribution >= 0.6 is 0 Å². The van der Waals surface area contributed by atoms with Gasteiger partial charge in [-0.1, -0.05) is 79.6 Å². The van der Waals surface area contributed by atoms with Crippen molar-refractivity contribution < 1.29 is 19.5 Å². The summed E-state index contributed by atoms with van der Waals surface area (Å²) in [6.07, 6.45) is 10.1. The number of hydrogen-bond donors (Lipinski definition) is 2. The number of carboxylic acids is 1. The Morgan fingerprint density at radius 3 is 2.60 bits per heavy atom. The molecule has 2 N–H and O–H groups in total. The molecular formula is C33H41N3O4. The number of carbonyl (C=O) groups is 3. The molecule has 1 saturated carbocycles. The summed E-state index contributed by atoms with van der Waals surface area (Å²) in [5.41, 5.74) is 2.37. The summed E-state index contributed by atoms with van der Waals surface area (Å²) in [4.78, 5) is 43.0. The zero-order chi connectivity index (χ0) is 28.1. The molecule has 2 aliphatic heterocycles. The zero-order valence-corrected chi connectivity index (χ0v) is 23.4. The monoisotopic (exact) mass is 543 g/mol. The molecule has 2 heterocycles. The molecule has 5 rings (SSSR count). The second kappa shape index (κ2) is 12.4. The first kappa shape index (κ1) is 28.1. The third-order valence-electron chi connectivity index (χ3n) is 8.75. The summed E-state index contributed by atoms with van der Waals surface area (Å²) in [6.45, 7) is 2.01. The van der Waals surface area contributed by atoms with E-state index >= 15 is 0 Å². The van der Waals surface area contributed by atoms with Gasteiger partial charge in [-0.25, -0.2) is 4.79 Å². The highest BCUT2D eigenvalue weighted by Crippen LogP contribution is 2.45. The van der Waals surface area contributed by atoms with E-state index in [9.17, 15) is 19.5 Å². The van der Waals surface area contributed by atoms with E-state index in [2.05, 4.69) is 59.7 Å². The summed E-state index contributed by atoms with van der Waals surface area (Å²) in [5, 5.41) is 12.9. The van der Waals surface area contributed by atoms with E-state index in [-0.39, 0.29) is 23.7 Å². The molecular weight excluding hydrogens is 502 g/mol. The number of aliphatic carboxylic acids is 1. The van der Waals surface area contributed by atoms with Crippen molar-refractivity contribution in [3.63, 3.8) is 0 Å². The van der Waals surface area contributed by atoms with Crippen LogP contribution in [0.2, 0.25) is 0 Å². The molecule has 0 bridgehead atoms. The molecule has 40 heavy (non-hydrogen) atoms. The van der Waals surface area contributed by atoms with Crippen LogP contribution in [0, 0.1) is 11.8 Å². The lowest BCUT2D eigenvalue weighted by Crippen LogP contribution is -2.53. The predicted molar refractivity (Wildman–Crippen MR) is 155 cm³/mol. The number of nitrogens with zero attached hydrogens (tertiary/aromatic N) is 2. The Kier molecular flexibility index (Phi) is 8.69. The molecule has 2 amide bonds. The normalized spacial score (nSPS) is 28.1. The second-order valence-corrected chi connectivity index (χ2v) is 11.8. The summed E-state index contributed by atoms with van der Waals surface area (Å²) in [6, 6.07) is 18.1. The highest BCUT2D eigenvalue weighted by molar-refractivity contribution is 5.94. The van der Waals surface area contributed by atoms with Crippen LogP contribution < -0.4 is 5.32 Å². The van der Waals surface area contributed by atoms with E-state index in [1.165, 1.54) is 16.7 Å². The fourth-order valence-electron chi connectivity index (χ4n) is 6.50. The van der Waals surface area contributed by atoms with Crippen LogP contribution in [0.3, 0.4) is 0 Å².